The second-order valence-corrected chi connectivity index (χ2v) is 11.2. The fourth-order valence-electron chi connectivity index (χ4n) is 4.56. The van der Waals surface area contributed by atoms with Gasteiger partial charge in [-0.15, -0.1) is 0 Å². The monoisotopic (exact) mass is 490 g/mol. The average Bonchev–Trinajstić information content (AvgIpc) is 3.22. The second kappa shape index (κ2) is 9.68. The van der Waals surface area contributed by atoms with Crippen molar-refractivity contribution < 1.29 is 13.2 Å². The molecule has 1 fully saturated rings. The van der Waals surface area contributed by atoms with Gasteiger partial charge < -0.3 is 9.80 Å². The van der Waals surface area contributed by atoms with Crippen LogP contribution in [0.3, 0.4) is 0 Å². The van der Waals surface area contributed by atoms with Crippen LogP contribution in [0.5, 0.6) is 0 Å². The Kier molecular flexibility index (Phi) is 6.84. The molecule has 0 radical (unpaired) electrons. The molecule has 0 unspecified atom stereocenters. The number of ketones is 1. The number of allylic oxidation sites excluding steroid dienone is 1. The van der Waals surface area contributed by atoms with Crippen LogP contribution in [0.15, 0.2) is 65.2 Å². The Hall–Kier alpha value is -3.41. The van der Waals surface area contributed by atoms with Crippen LogP contribution in [-0.4, -0.2) is 62.2 Å². The van der Waals surface area contributed by atoms with Crippen LogP contribution in [-0.2, 0) is 10.0 Å². The van der Waals surface area contributed by atoms with Gasteiger partial charge in [-0.05, 0) is 75.6 Å². The molecule has 0 aliphatic carbocycles. The van der Waals surface area contributed by atoms with Gasteiger partial charge in [-0.2, -0.15) is 5.26 Å². The molecule has 1 aromatic heterocycles. The van der Waals surface area contributed by atoms with E-state index in [1.54, 1.807) is 49.3 Å². The number of hydrogen-bond acceptors (Lipinski definition) is 6. The molecule has 35 heavy (non-hydrogen) atoms. The topological polar surface area (TPSA) is 86.4 Å². The average molecular weight is 491 g/mol. The Morgan fingerprint density at radius 2 is 1.74 bits per heavy atom. The number of rotatable bonds is 6. The fourth-order valence-corrected chi connectivity index (χ4v) is 6.06. The Balaban J connectivity index is 1.94. The first-order valence-corrected chi connectivity index (χ1v) is 13.0. The van der Waals surface area contributed by atoms with Crippen LogP contribution in [0.2, 0.25) is 0 Å². The minimum absolute atomic E-state index is 0.0456. The number of hydrogen-bond donors (Lipinski definition) is 0. The summed E-state index contributed by atoms with van der Waals surface area (Å²) >= 11 is 0. The van der Waals surface area contributed by atoms with E-state index in [2.05, 4.69) is 11.9 Å². The van der Waals surface area contributed by atoms with Crippen molar-refractivity contribution in [1.29, 1.82) is 5.26 Å². The highest BCUT2D eigenvalue weighted by Gasteiger charge is 2.29. The molecule has 1 saturated heterocycles. The maximum Gasteiger partial charge on any atom is 0.268 e. The summed E-state index contributed by atoms with van der Waals surface area (Å²) in [5.41, 5.74) is 2.27. The molecule has 0 N–H and O–H groups in total. The smallest absolute Gasteiger partial charge is 0.268 e. The third kappa shape index (κ3) is 4.88. The molecule has 0 spiro atoms. The number of aromatic nitrogens is 1. The molecule has 7 nitrogen and oxygen atoms in total. The highest BCUT2D eigenvalue weighted by Crippen LogP contribution is 2.33. The van der Waals surface area contributed by atoms with E-state index in [-0.39, 0.29) is 16.2 Å². The van der Waals surface area contributed by atoms with Gasteiger partial charge in [0.05, 0.1) is 10.4 Å². The zero-order valence-electron chi connectivity index (χ0n) is 20.5. The number of benzene rings is 2. The molecule has 0 atom stereocenters. The minimum Gasteiger partial charge on any atom is -0.382 e. The van der Waals surface area contributed by atoms with Crippen molar-refractivity contribution in [3.05, 3.63) is 77.1 Å². The van der Waals surface area contributed by atoms with Crippen molar-refractivity contribution in [1.82, 2.24) is 13.8 Å². The van der Waals surface area contributed by atoms with E-state index in [1.807, 2.05) is 31.2 Å². The third-order valence-corrected chi connectivity index (χ3v) is 8.26. The normalized spacial score (nSPS) is 15.8. The molecule has 0 bridgehead atoms. The number of carbonyl (C=O) groups is 1. The Morgan fingerprint density at radius 3 is 2.34 bits per heavy atom. The first kappa shape index (κ1) is 24.7. The molecular formula is C27H30N4O3S. The Bertz CT molecular complexity index is 1440. The predicted octanol–water partition coefficient (Wildman–Crippen LogP) is 4.15. The molecule has 1 aliphatic rings. The van der Waals surface area contributed by atoms with Crippen molar-refractivity contribution in [2.75, 3.05) is 34.2 Å². The molecule has 182 valence electrons. The number of Topliss-reactive ketones (excluding diaryl/α,β-unsaturated/α-hetero) is 1. The van der Waals surface area contributed by atoms with Crippen molar-refractivity contribution in [3.8, 4) is 6.07 Å². The number of nitrogens with zero attached hydrogens (tertiary/aromatic N) is 4. The van der Waals surface area contributed by atoms with Gasteiger partial charge in [0.2, 0.25) is 5.78 Å². The lowest BCUT2D eigenvalue weighted by molar-refractivity contribution is 0.103. The Labute approximate surface area is 206 Å². The first-order chi connectivity index (χ1) is 16.6. The van der Waals surface area contributed by atoms with Crippen molar-refractivity contribution >= 4 is 26.7 Å². The zero-order chi connectivity index (χ0) is 25.3. The zero-order valence-corrected chi connectivity index (χ0v) is 21.3. The number of aryl methyl sites for hydroxylation is 1. The van der Waals surface area contributed by atoms with E-state index in [4.69, 9.17) is 0 Å². The van der Waals surface area contributed by atoms with Gasteiger partial charge in [-0.1, -0.05) is 29.8 Å². The number of piperidine rings is 1. The molecule has 4 rings (SSSR count). The predicted molar refractivity (Wildman–Crippen MR) is 137 cm³/mol. The largest absolute Gasteiger partial charge is 0.382 e. The maximum atomic E-state index is 13.9. The van der Waals surface area contributed by atoms with Crippen LogP contribution in [0.1, 0.15) is 40.4 Å². The van der Waals surface area contributed by atoms with E-state index >= 15 is 0 Å². The highest BCUT2D eigenvalue weighted by molar-refractivity contribution is 7.90. The lowest BCUT2D eigenvalue weighted by atomic mass is 9.89. The van der Waals surface area contributed by atoms with Crippen LogP contribution in [0.4, 0.5) is 0 Å². The van der Waals surface area contributed by atoms with E-state index in [9.17, 15) is 18.5 Å². The summed E-state index contributed by atoms with van der Waals surface area (Å²) in [4.78, 5) is 17.4. The summed E-state index contributed by atoms with van der Waals surface area (Å²) in [7, 11) is 1.41. The van der Waals surface area contributed by atoms with Gasteiger partial charge in [0.25, 0.3) is 10.0 Å². The summed E-state index contributed by atoms with van der Waals surface area (Å²) < 4.78 is 28.9. The molecule has 0 saturated carbocycles. The van der Waals surface area contributed by atoms with E-state index in [0.717, 1.165) is 41.0 Å². The van der Waals surface area contributed by atoms with E-state index in [1.165, 1.54) is 6.20 Å². The van der Waals surface area contributed by atoms with Gasteiger partial charge in [-0.3, -0.25) is 4.79 Å². The highest BCUT2D eigenvalue weighted by atomic mass is 32.2. The summed E-state index contributed by atoms with van der Waals surface area (Å²) in [6, 6.07) is 15.9. The van der Waals surface area contributed by atoms with E-state index in [0.29, 0.717) is 16.8 Å². The fraction of sp³-hybridized carbons (Fsp3) is 0.333. The van der Waals surface area contributed by atoms with Gasteiger partial charge in [0, 0.05) is 25.7 Å². The molecule has 2 heterocycles. The molecule has 3 aromatic rings. The molecular weight excluding hydrogens is 460 g/mol. The van der Waals surface area contributed by atoms with Crippen LogP contribution < -0.4 is 0 Å². The lowest BCUT2D eigenvalue weighted by Crippen LogP contribution is -2.29. The molecule has 0 amide bonds. The molecule has 1 aliphatic heterocycles. The number of fused-ring (bicyclic) bond motifs is 1. The summed E-state index contributed by atoms with van der Waals surface area (Å²) in [6.45, 7) is 3.85. The van der Waals surface area contributed by atoms with E-state index < -0.39 is 15.8 Å². The van der Waals surface area contributed by atoms with Crippen molar-refractivity contribution in [2.24, 2.45) is 0 Å². The summed E-state index contributed by atoms with van der Waals surface area (Å²) in [5.74, 6) is -0.308. The standard InChI is InChI=1S/C27H30N4O3S/c1-19-5-9-24(10-6-19)35(33,34)31-25-15-21(20-11-13-30(4)14-12-20)7-8-22(25)16-26(31)27(32)23(17-28)18-29(2)3/h5-10,15-16,18,20H,11-14H2,1-4H3/b23-18-. The summed E-state index contributed by atoms with van der Waals surface area (Å²) in [6.07, 6.45) is 3.39. The summed E-state index contributed by atoms with van der Waals surface area (Å²) in [5, 5.41) is 10.3. The van der Waals surface area contributed by atoms with Gasteiger partial charge in [-0.25, -0.2) is 12.4 Å². The number of carbonyl (C=O) groups excluding carboxylic acids is 1. The maximum absolute atomic E-state index is 13.9. The minimum atomic E-state index is -4.10. The lowest BCUT2D eigenvalue weighted by Gasteiger charge is -2.29. The first-order valence-electron chi connectivity index (χ1n) is 11.6. The van der Waals surface area contributed by atoms with Crippen molar-refractivity contribution in [2.45, 2.75) is 30.6 Å². The molecule has 8 heteroatoms. The van der Waals surface area contributed by atoms with Gasteiger partial charge in [0.1, 0.15) is 17.3 Å². The van der Waals surface area contributed by atoms with Crippen LogP contribution >= 0.6 is 0 Å². The van der Waals surface area contributed by atoms with Gasteiger partial charge >= 0.3 is 0 Å². The number of nitriles is 1. The van der Waals surface area contributed by atoms with Crippen molar-refractivity contribution in [3.63, 3.8) is 0 Å². The van der Waals surface area contributed by atoms with Gasteiger partial charge in [0.15, 0.2) is 0 Å². The molecule has 2 aromatic carbocycles. The SMILES string of the molecule is Cc1ccc(S(=O)(=O)n2c(C(=O)/C(C#N)=C\N(C)C)cc3ccc(C4CCN(C)CC4)cc32)cc1. The third-order valence-electron chi connectivity index (χ3n) is 6.52. The van der Waals surface area contributed by atoms with Crippen LogP contribution in [0, 0.1) is 18.3 Å². The Morgan fingerprint density at radius 1 is 1.09 bits per heavy atom. The second-order valence-electron chi connectivity index (χ2n) is 9.46. The quantitative estimate of drug-likeness (QED) is 0.293. The van der Waals surface area contributed by atoms with Crippen LogP contribution in [0.25, 0.3) is 10.9 Å². The number of likely N-dealkylation sites (tertiary alicyclic amines) is 1.